The van der Waals surface area contributed by atoms with Crippen LogP contribution in [-0.2, 0) is 4.79 Å². The maximum absolute atomic E-state index is 13.3. The zero-order valence-electron chi connectivity index (χ0n) is 19.1. The van der Waals surface area contributed by atoms with Crippen molar-refractivity contribution in [1.82, 2.24) is 20.1 Å². The van der Waals surface area contributed by atoms with Crippen molar-refractivity contribution in [3.8, 4) is 0 Å². The Hall–Kier alpha value is -3.12. The molecule has 0 aliphatic carbocycles. The molecule has 2 heterocycles. The van der Waals surface area contributed by atoms with Crippen LogP contribution in [0.15, 0.2) is 48.5 Å². The fourth-order valence-electron chi connectivity index (χ4n) is 4.78. The fourth-order valence-corrected chi connectivity index (χ4v) is 4.78. The maximum Gasteiger partial charge on any atom is 0.255 e. The molecule has 0 spiro atoms. The van der Waals surface area contributed by atoms with Gasteiger partial charge in [0.15, 0.2) is 0 Å². The Bertz CT molecular complexity index is 1120. The van der Waals surface area contributed by atoms with Gasteiger partial charge in [-0.2, -0.15) is 0 Å². The van der Waals surface area contributed by atoms with Gasteiger partial charge in [-0.3, -0.25) is 9.59 Å². The number of nitrogens with one attached hydrogen (secondary N) is 2. The number of carbonyl (C=O) groups excluding carboxylic acids is 2. The lowest BCUT2D eigenvalue weighted by atomic mass is 9.95. The zero-order chi connectivity index (χ0) is 22.7. The van der Waals surface area contributed by atoms with Crippen LogP contribution in [-0.4, -0.2) is 59.3 Å². The minimum Gasteiger partial charge on any atom is -0.358 e. The molecule has 0 saturated heterocycles. The number of hydrogen-bond donors (Lipinski definition) is 2. The van der Waals surface area contributed by atoms with Crippen LogP contribution in [0, 0.1) is 6.92 Å². The average Bonchev–Trinajstić information content (AvgIpc) is 3.27. The molecule has 2 aromatic carbocycles. The fraction of sp³-hybridized carbons (Fsp3) is 0.385. The minimum absolute atomic E-state index is 0.0440. The van der Waals surface area contributed by atoms with Gasteiger partial charge >= 0.3 is 0 Å². The number of nitrogens with zero attached hydrogens (tertiary/aromatic N) is 2. The van der Waals surface area contributed by atoms with Crippen LogP contribution in [0.4, 0.5) is 0 Å². The molecule has 1 atom stereocenters. The van der Waals surface area contributed by atoms with Crippen LogP contribution < -0.4 is 5.32 Å². The van der Waals surface area contributed by atoms with E-state index in [1.54, 1.807) is 4.90 Å². The van der Waals surface area contributed by atoms with Gasteiger partial charge in [0.05, 0.1) is 6.04 Å². The predicted molar refractivity (Wildman–Crippen MR) is 128 cm³/mol. The summed E-state index contributed by atoms with van der Waals surface area (Å²) in [6, 6.07) is 15.5. The zero-order valence-corrected chi connectivity index (χ0v) is 19.1. The number of H-pyrrole nitrogens is 1. The summed E-state index contributed by atoms with van der Waals surface area (Å²) in [5, 5.41) is 4.10. The van der Waals surface area contributed by atoms with Gasteiger partial charge in [0.25, 0.3) is 5.91 Å². The molecule has 0 radical (unpaired) electrons. The van der Waals surface area contributed by atoms with Crippen LogP contribution in [0.1, 0.15) is 53.5 Å². The average molecular weight is 433 g/mol. The first-order valence-corrected chi connectivity index (χ1v) is 11.5. The molecule has 2 N–H and O–H groups in total. The number of benzene rings is 2. The topological polar surface area (TPSA) is 68.4 Å². The van der Waals surface area contributed by atoms with Crippen molar-refractivity contribution >= 4 is 22.7 Å². The highest BCUT2D eigenvalue weighted by Crippen LogP contribution is 2.42. The third-order valence-corrected chi connectivity index (χ3v) is 6.46. The summed E-state index contributed by atoms with van der Waals surface area (Å²) < 4.78 is 0. The van der Waals surface area contributed by atoms with E-state index >= 15 is 0 Å². The molecule has 2 amide bonds. The highest BCUT2D eigenvalue weighted by molar-refractivity contribution is 6.02. The Morgan fingerprint density at radius 2 is 1.81 bits per heavy atom. The van der Waals surface area contributed by atoms with Crippen LogP contribution in [0.5, 0.6) is 0 Å². The normalized spacial score (nSPS) is 15.6. The number of para-hydroxylation sites is 1. The van der Waals surface area contributed by atoms with Gasteiger partial charge in [-0.05, 0) is 50.7 Å². The monoisotopic (exact) mass is 432 g/mol. The van der Waals surface area contributed by atoms with Crippen LogP contribution in [0.25, 0.3) is 10.9 Å². The van der Waals surface area contributed by atoms with Crippen LogP contribution in [0.2, 0.25) is 0 Å². The van der Waals surface area contributed by atoms with Crippen molar-refractivity contribution in [2.24, 2.45) is 0 Å². The van der Waals surface area contributed by atoms with E-state index in [2.05, 4.69) is 35.1 Å². The molecular weight excluding hydrogens is 400 g/mol. The molecular formula is C26H32N4O2. The summed E-state index contributed by atoms with van der Waals surface area (Å²) in [6.45, 7) is 9.96. The van der Waals surface area contributed by atoms with Gasteiger partial charge in [-0.15, -0.1) is 0 Å². The second-order valence-electron chi connectivity index (χ2n) is 8.36. The van der Waals surface area contributed by atoms with Crippen molar-refractivity contribution in [1.29, 1.82) is 0 Å². The first-order chi connectivity index (χ1) is 15.5. The molecule has 1 aromatic heterocycles. The van der Waals surface area contributed by atoms with E-state index in [1.165, 1.54) is 0 Å². The summed E-state index contributed by atoms with van der Waals surface area (Å²) in [5.41, 5.74) is 4.76. The number of carbonyl (C=O) groups is 2. The van der Waals surface area contributed by atoms with Gasteiger partial charge in [-0.1, -0.05) is 50.2 Å². The third kappa shape index (κ3) is 4.15. The number of fused-ring (bicyclic) bond motifs is 2. The smallest absolute Gasteiger partial charge is 0.255 e. The Balaban J connectivity index is 1.56. The lowest BCUT2D eigenvalue weighted by molar-refractivity contribution is -0.122. The van der Waals surface area contributed by atoms with Crippen molar-refractivity contribution in [3.05, 3.63) is 70.9 Å². The Labute approximate surface area is 189 Å². The number of hydrogen-bond acceptors (Lipinski definition) is 3. The molecule has 1 aliphatic rings. The van der Waals surface area contributed by atoms with E-state index in [0.717, 1.165) is 53.8 Å². The molecule has 32 heavy (non-hydrogen) atoms. The number of aryl methyl sites for hydroxylation is 1. The molecule has 4 rings (SSSR count). The molecule has 0 fully saturated rings. The van der Waals surface area contributed by atoms with Crippen molar-refractivity contribution in [2.45, 2.75) is 33.2 Å². The standard InChI is InChI=1S/C26H32N4O2/c1-4-29(5-2)16-10-15-27-23(31)17-30-25(19-11-6-7-12-20(19)26(30)32)24-18(3)28-22-14-9-8-13-21(22)24/h6-9,11-14,25,28H,4-5,10,15-17H2,1-3H3,(H,27,31). The highest BCUT2D eigenvalue weighted by atomic mass is 16.2. The summed E-state index contributed by atoms with van der Waals surface area (Å²) >= 11 is 0. The molecule has 6 nitrogen and oxygen atoms in total. The molecule has 0 bridgehead atoms. The summed E-state index contributed by atoms with van der Waals surface area (Å²) in [7, 11) is 0. The quantitative estimate of drug-likeness (QED) is 0.505. The van der Waals surface area contributed by atoms with E-state index < -0.39 is 0 Å². The van der Waals surface area contributed by atoms with E-state index in [-0.39, 0.29) is 24.4 Å². The Morgan fingerprint density at radius 1 is 1.09 bits per heavy atom. The summed E-state index contributed by atoms with van der Waals surface area (Å²) in [6.07, 6.45) is 0.895. The van der Waals surface area contributed by atoms with Crippen molar-refractivity contribution in [3.63, 3.8) is 0 Å². The molecule has 1 unspecified atom stereocenters. The lowest BCUT2D eigenvalue weighted by Crippen LogP contribution is -2.40. The molecule has 6 heteroatoms. The molecule has 1 aliphatic heterocycles. The summed E-state index contributed by atoms with van der Waals surface area (Å²) in [5.74, 6) is -0.207. The first-order valence-electron chi connectivity index (χ1n) is 11.5. The van der Waals surface area contributed by atoms with Gasteiger partial charge in [-0.25, -0.2) is 0 Å². The molecule has 3 aromatic rings. The van der Waals surface area contributed by atoms with E-state index in [1.807, 2.05) is 49.4 Å². The predicted octanol–water partition coefficient (Wildman–Crippen LogP) is 3.87. The van der Waals surface area contributed by atoms with E-state index in [4.69, 9.17) is 0 Å². The largest absolute Gasteiger partial charge is 0.358 e. The van der Waals surface area contributed by atoms with Crippen LogP contribution >= 0.6 is 0 Å². The Kier molecular flexibility index (Phi) is 6.61. The van der Waals surface area contributed by atoms with Crippen molar-refractivity contribution in [2.75, 3.05) is 32.7 Å². The number of rotatable bonds is 9. The second kappa shape index (κ2) is 9.57. The minimum atomic E-state index is -0.281. The highest BCUT2D eigenvalue weighted by Gasteiger charge is 2.40. The summed E-state index contributed by atoms with van der Waals surface area (Å²) in [4.78, 5) is 33.6. The maximum atomic E-state index is 13.3. The van der Waals surface area contributed by atoms with Gasteiger partial charge in [0, 0.05) is 34.3 Å². The van der Waals surface area contributed by atoms with Crippen LogP contribution in [0.3, 0.4) is 0 Å². The van der Waals surface area contributed by atoms with E-state index in [9.17, 15) is 9.59 Å². The van der Waals surface area contributed by atoms with Gasteiger partial charge < -0.3 is 20.1 Å². The van der Waals surface area contributed by atoms with Gasteiger partial charge in [0.1, 0.15) is 6.54 Å². The van der Waals surface area contributed by atoms with E-state index in [0.29, 0.717) is 12.1 Å². The number of amides is 2. The first kappa shape index (κ1) is 22.1. The molecule has 0 saturated carbocycles. The Morgan fingerprint density at radius 3 is 2.59 bits per heavy atom. The second-order valence-corrected chi connectivity index (χ2v) is 8.36. The molecule has 168 valence electrons. The number of aromatic amines is 1. The lowest BCUT2D eigenvalue weighted by Gasteiger charge is -2.26. The SMILES string of the molecule is CCN(CC)CCCNC(=O)CN1C(=O)c2ccccc2C1c1c(C)[nH]c2ccccc12. The number of aromatic nitrogens is 1. The van der Waals surface area contributed by atoms with Crippen molar-refractivity contribution < 1.29 is 9.59 Å². The third-order valence-electron chi connectivity index (χ3n) is 6.46. The van der Waals surface area contributed by atoms with Gasteiger partial charge in [0.2, 0.25) is 5.91 Å².